The van der Waals surface area contributed by atoms with Gasteiger partial charge in [0.15, 0.2) is 5.65 Å². The van der Waals surface area contributed by atoms with Crippen molar-refractivity contribution in [2.75, 3.05) is 12.4 Å². The summed E-state index contributed by atoms with van der Waals surface area (Å²) in [4.78, 5) is 9.12. The van der Waals surface area contributed by atoms with Gasteiger partial charge in [-0.25, -0.2) is 9.97 Å². The summed E-state index contributed by atoms with van der Waals surface area (Å²) in [7, 11) is 3.56. The van der Waals surface area contributed by atoms with Crippen LogP contribution in [0, 0.1) is 6.92 Å². The molecule has 0 unspecified atom stereocenters. The van der Waals surface area contributed by atoms with Crippen LogP contribution in [0.2, 0.25) is 0 Å². The van der Waals surface area contributed by atoms with Crippen LogP contribution in [0.5, 0.6) is 11.5 Å². The van der Waals surface area contributed by atoms with Gasteiger partial charge in [-0.1, -0.05) is 0 Å². The van der Waals surface area contributed by atoms with Gasteiger partial charge in [-0.15, -0.1) is 0 Å². The molecule has 0 fully saturated rings. The molecule has 2 aromatic heterocycles. The lowest BCUT2D eigenvalue weighted by Crippen LogP contribution is -2.37. The summed E-state index contributed by atoms with van der Waals surface area (Å²) < 4.78 is 13.3. The average molecular weight is 353 g/mol. The fourth-order valence-electron chi connectivity index (χ4n) is 3.49. The summed E-state index contributed by atoms with van der Waals surface area (Å²) in [5.41, 5.74) is 1.60. The third-order valence-electron chi connectivity index (χ3n) is 4.69. The van der Waals surface area contributed by atoms with Crippen molar-refractivity contribution in [1.29, 1.82) is 0 Å². The number of anilines is 1. The molecule has 0 spiro atoms. The number of hydrogen-bond donors (Lipinski definition) is 1. The highest BCUT2D eigenvalue weighted by Crippen LogP contribution is 2.43. The van der Waals surface area contributed by atoms with E-state index in [1.54, 1.807) is 18.0 Å². The third-order valence-corrected chi connectivity index (χ3v) is 4.69. The van der Waals surface area contributed by atoms with Crippen molar-refractivity contribution in [2.45, 2.75) is 38.8 Å². The standard InChI is InChI=1S/C19H23N5O2/c1-11-21-17(14-10-20-24(4)18(14)22-11)23-15-9-19(2,3)26-16-7-6-12(25-5)8-13(15)16/h6-8,10,15H,9H2,1-5H3,(H,21,22,23)/t15-/m0/s1. The highest BCUT2D eigenvalue weighted by Gasteiger charge is 2.34. The number of methoxy groups -OCH3 is 1. The van der Waals surface area contributed by atoms with Crippen LogP contribution >= 0.6 is 0 Å². The molecule has 1 aliphatic heterocycles. The normalized spacial score (nSPS) is 18.3. The van der Waals surface area contributed by atoms with Gasteiger partial charge in [0.1, 0.15) is 28.7 Å². The number of hydrogen-bond acceptors (Lipinski definition) is 6. The van der Waals surface area contributed by atoms with Gasteiger partial charge in [0.05, 0.1) is 24.7 Å². The number of nitrogens with zero attached hydrogens (tertiary/aromatic N) is 4. The first kappa shape index (κ1) is 16.6. The molecule has 0 amide bonds. The molecule has 1 atom stereocenters. The van der Waals surface area contributed by atoms with Gasteiger partial charge in [0.25, 0.3) is 0 Å². The maximum atomic E-state index is 6.16. The van der Waals surface area contributed by atoms with E-state index in [1.807, 2.05) is 32.2 Å². The monoisotopic (exact) mass is 353 g/mol. The zero-order chi connectivity index (χ0) is 18.5. The molecule has 0 saturated heterocycles. The van der Waals surface area contributed by atoms with Crippen molar-refractivity contribution in [1.82, 2.24) is 19.7 Å². The minimum Gasteiger partial charge on any atom is -0.497 e. The zero-order valence-corrected chi connectivity index (χ0v) is 15.7. The van der Waals surface area contributed by atoms with Crippen LogP contribution < -0.4 is 14.8 Å². The largest absolute Gasteiger partial charge is 0.497 e. The molecule has 136 valence electrons. The number of nitrogens with one attached hydrogen (secondary N) is 1. The fourth-order valence-corrected chi connectivity index (χ4v) is 3.49. The summed E-state index contributed by atoms with van der Waals surface area (Å²) in [6.07, 6.45) is 2.60. The maximum absolute atomic E-state index is 6.16. The van der Waals surface area contributed by atoms with Crippen LogP contribution in [0.15, 0.2) is 24.4 Å². The molecule has 3 heterocycles. The number of benzene rings is 1. The van der Waals surface area contributed by atoms with E-state index in [0.29, 0.717) is 5.82 Å². The molecule has 7 heteroatoms. The van der Waals surface area contributed by atoms with Crippen LogP contribution in [0.4, 0.5) is 5.82 Å². The predicted molar refractivity (Wildman–Crippen MR) is 99.7 cm³/mol. The summed E-state index contributed by atoms with van der Waals surface area (Å²) in [6.45, 7) is 6.09. The molecular weight excluding hydrogens is 330 g/mol. The molecule has 26 heavy (non-hydrogen) atoms. The van der Waals surface area contributed by atoms with Crippen LogP contribution in [-0.2, 0) is 7.05 Å². The van der Waals surface area contributed by atoms with Crippen LogP contribution in [0.3, 0.4) is 0 Å². The van der Waals surface area contributed by atoms with E-state index in [1.165, 1.54) is 0 Å². The molecule has 7 nitrogen and oxygen atoms in total. The van der Waals surface area contributed by atoms with E-state index in [2.05, 4.69) is 34.2 Å². The van der Waals surface area contributed by atoms with E-state index in [4.69, 9.17) is 9.47 Å². The fraction of sp³-hybridized carbons (Fsp3) is 0.421. The number of fused-ring (bicyclic) bond motifs is 2. The first-order chi connectivity index (χ1) is 12.4. The molecule has 0 bridgehead atoms. The first-order valence-electron chi connectivity index (χ1n) is 8.66. The lowest BCUT2D eigenvalue weighted by atomic mass is 9.89. The molecular formula is C19H23N5O2. The van der Waals surface area contributed by atoms with Gasteiger partial charge in [-0.3, -0.25) is 4.68 Å². The van der Waals surface area contributed by atoms with Gasteiger partial charge in [-0.05, 0) is 39.0 Å². The van der Waals surface area contributed by atoms with Gasteiger partial charge >= 0.3 is 0 Å². The van der Waals surface area contributed by atoms with Crippen LogP contribution in [0.1, 0.15) is 37.7 Å². The maximum Gasteiger partial charge on any atom is 0.163 e. The topological polar surface area (TPSA) is 74.1 Å². The number of rotatable bonds is 3. The smallest absolute Gasteiger partial charge is 0.163 e. The van der Waals surface area contributed by atoms with Gasteiger partial charge < -0.3 is 14.8 Å². The lowest BCUT2D eigenvalue weighted by molar-refractivity contribution is 0.0757. The molecule has 4 rings (SSSR count). The Morgan fingerprint density at radius 1 is 1.31 bits per heavy atom. The Kier molecular flexibility index (Phi) is 3.75. The molecule has 1 aromatic carbocycles. The van der Waals surface area contributed by atoms with Crippen molar-refractivity contribution in [3.05, 3.63) is 35.8 Å². The SMILES string of the molecule is COc1ccc2c(c1)[C@@H](Nc1nc(C)nc3c1cnn3C)CC(C)(C)O2. The predicted octanol–water partition coefficient (Wildman–Crippen LogP) is 3.39. The highest BCUT2D eigenvalue weighted by atomic mass is 16.5. The minimum atomic E-state index is -0.282. The summed E-state index contributed by atoms with van der Waals surface area (Å²) >= 11 is 0. The number of aryl methyl sites for hydroxylation is 2. The highest BCUT2D eigenvalue weighted by molar-refractivity contribution is 5.86. The molecule has 0 radical (unpaired) electrons. The third kappa shape index (κ3) is 2.83. The van der Waals surface area contributed by atoms with Crippen molar-refractivity contribution >= 4 is 16.9 Å². The molecule has 0 saturated carbocycles. The quantitative estimate of drug-likeness (QED) is 0.778. The first-order valence-corrected chi connectivity index (χ1v) is 8.66. The van der Waals surface area contributed by atoms with Crippen molar-refractivity contribution < 1.29 is 9.47 Å². The van der Waals surface area contributed by atoms with Crippen LogP contribution in [-0.4, -0.2) is 32.5 Å². The minimum absolute atomic E-state index is 0.0431. The lowest BCUT2D eigenvalue weighted by Gasteiger charge is -2.38. The van der Waals surface area contributed by atoms with Crippen molar-refractivity contribution in [3.63, 3.8) is 0 Å². The van der Waals surface area contributed by atoms with Crippen LogP contribution in [0.25, 0.3) is 11.0 Å². The molecule has 1 aliphatic rings. The van der Waals surface area contributed by atoms with Gasteiger partial charge in [0.2, 0.25) is 0 Å². The van der Waals surface area contributed by atoms with E-state index in [0.717, 1.165) is 40.3 Å². The average Bonchev–Trinajstić information content (AvgIpc) is 2.95. The number of ether oxygens (including phenoxy) is 2. The second kappa shape index (κ2) is 5.86. The van der Waals surface area contributed by atoms with Gasteiger partial charge in [-0.2, -0.15) is 5.10 Å². The summed E-state index contributed by atoms with van der Waals surface area (Å²) in [5.74, 6) is 3.18. The zero-order valence-electron chi connectivity index (χ0n) is 15.7. The molecule has 1 N–H and O–H groups in total. The Balaban J connectivity index is 1.79. The van der Waals surface area contributed by atoms with E-state index in [-0.39, 0.29) is 11.6 Å². The molecule has 0 aliphatic carbocycles. The second-order valence-corrected chi connectivity index (χ2v) is 7.29. The Labute approximate surface area is 152 Å². The second-order valence-electron chi connectivity index (χ2n) is 7.29. The van der Waals surface area contributed by atoms with Gasteiger partial charge in [0, 0.05) is 19.0 Å². The summed E-state index contributed by atoms with van der Waals surface area (Å²) in [5, 5.41) is 8.83. The van der Waals surface area contributed by atoms with Crippen molar-refractivity contribution in [3.8, 4) is 11.5 Å². The Hall–Kier alpha value is -2.83. The Bertz CT molecular complexity index is 979. The van der Waals surface area contributed by atoms with Crippen molar-refractivity contribution in [2.24, 2.45) is 7.05 Å². The van der Waals surface area contributed by atoms with E-state index < -0.39 is 0 Å². The Morgan fingerprint density at radius 2 is 2.12 bits per heavy atom. The van der Waals surface area contributed by atoms with E-state index >= 15 is 0 Å². The Morgan fingerprint density at radius 3 is 2.88 bits per heavy atom. The number of aromatic nitrogens is 4. The summed E-state index contributed by atoms with van der Waals surface area (Å²) in [6, 6.07) is 5.96. The molecule has 3 aromatic rings. The van der Waals surface area contributed by atoms with E-state index in [9.17, 15) is 0 Å².